The van der Waals surface area contributed by atoms with Crippen LogP contribution in [0, 0.1) is 54.7 Å². The minimum absolute atomic E-state index is 0. The number of aryl methyl sites for hydroxylation is 4. The molecule has 0 unspecified atom stereocenters. The minimum atomic E-state index is 0. The number of hydrogen-bond donors (Lipinski definition) is 0. The Kier molecular flexibility index (Phi) is 27.6. The quantitative estimate of drug-likeness (QED) is 0.245. The molecule has 0 fully saturated rings. The summed E-state index contributed by atoms with van der Waals surface area (Å²) in [7, 11) is 0. The van der Waals surface area contributed by atoms with E-state index >= 15 is 0 Å². The molecule has 0 saturated carbocycles. The molecule has 0 N–H and O–H groups in total. The summed E-state index contributed by atoms with van der Waals surface area (Å²) in [5.74, 6) is 0. The Morgan fingerprint density at radius 3 is 1.24 bits per heavy atom. The summed E-state index contributed by atoms with van der Waals surface area (Å²) < 4.78 is 0. The predicted octanol–water partition coefficient (Wildman–Crippen LogP) is 3.87. The maximum absolute atomic E-state index is 2.99. The number of rotatable bonds is 0. The number of fused-ring (bicyclic) bond motifs is 2. The van der Waals surface area contributed by atoms with Crippen molar-refractivity contribution in [2.24, 2.45) is 0 Å². The Labute approximate surface area is 283 Å². The number of halogens is 2. The van der Waals surface area contributed by atoms with Crippen LogP contribution < -0.4 is 24.8 Å². The second kappa shape index (κ2) is 23.8. The number of hydrogen-bond acceptors (Lipinski definition) is 0. The van der Waals surface area contributed by atoms with Gasteiger partial charge in [-0.25, -0.2) is 24.3 Å². The molecule has 196 valence electrons. The molecule has 0 heterocycles. The fourth-order valence-corrected chi connectivity index (χ4v) is 3.60. The zero-order chi connectivity index (χ0) is 22.8. The van der Waals surface area contributed by atoms with Gasteiger partial charge in [-0.1, -0.05) is 37.1 Å². The molecule has 2 aliphatic rings. The van der Waals surface area contributed by atoms with E-state index in [1.54, 1.807) is 0 Å². The first kappa shape index (κ1) is 44.0. The molecule has 0 spiro atoms. The van der Waals surface area contributed by atoms with Crippen molar-refractivity contribution in [3.05, 3.63) is 146 Å². The minimum Gasteiger partial charge on any atom is -1.00 e. The van der Waals surface area contributed by atoms with E-state index < -0.39 is 0 Å². The summed E-state index contributed by atoms with van der Waals surface area (Å²) in [5.41, 5.74) is 5.44. The van der Waals surface area contributed by atoms with E-state index in [0.29, 0.717) is 0 Å². The average molecular weight is 700 g/mol. The normalized spacial score (nSPS) is 10.8. The SMILES string of the molecule is Cc1ccc2cc[c-](C)c2c1.Cc1ccc2cc[c-](C)c2c1.[C-]1=CC=CC1.[C-]1=CC=CC1.[CH3-].[CH3-].[Cl-].[Cl-].[Zr+4].[Zr+4]. The van der Waals surface area contributed by atoms with Crippen LogP contribution >= 0.6 is 0 Å². The van der Waals surface area contributed by atoms with Crippen LogP contribution in [-0.2, 0) is 52.4 Å². The van der Waals surface area contributed by atoms with Crippen LogP contribution in [0.1, 0.15) is 35.1 Å². The third kappa shape index (κ3) is 14.4. The van der Waals surface area contributed by atoms with Crippen molar-refractivity contribution in [1.82, 2.24) is 0 Å². The van der Waals surface area contributed by atoms with Gasteiger partial charge < -0.3 is 39.7 Å². The average Bonchev–Trinajstić information content (AvgIpc) is 3.61. The zero-order valence-electron chi connectivity index (χ0n) is 23.4. The molecule has 0 nitrogen and oxygen atoms in total. The van der Waals surface area contributed by atoms with Crippen molar-refractivity contribution >= 4 is 21.5 Å². The maximum atomic E-state index is 2.99. The van der Waals surface area contributed by atoms with E-state index in [9.17, 15) is 0 Å². The van der Waals surface area contributed by atoms with Gasteiger partial charge in [0.25, 0.3) is 0 Å². The van der Waals surface area contributed by atoms with E-state index in [4.69, 9.17) is 0 Å². The van der Waals surface area contributed by atoms with Gasteiger partial charge in [0, 0.05) is 0 Å². The monoisotopic (exact) mass is 696 g/mol. The molecule has 6 rings (SSSR count). The summed E-state index contributed by atoms with van der Waals surface area (Å²) in [6.45, 7) is 8.57. The van der Waals surface area contributed by atoms with Crippen LogP contribution in [-0.4, -0.2) is 0 Å². The molecule has 0 aliphatic heterocycles. The van der Waals surface area contributed by atoms with Crippen molar-refractivity contribution in [2.45, 2.75) is 40.5 Å². The Morgan fingerprint density at radius 2 is 0.974 bits per heavy atom. The van der Waals surface area contributed by atoms with Crippen molar-refractivity contribution in [1.29, 1.82) is 0 Å². The standard InChI is InChI=1S/2C11H11.2C5H5.2CH3.2ClH.2Zr/c2*1-8-3-5-10-6-4-9(2)11(10)7-8;2*1-2-4-5-3-1;;;;;;/h2*3-7H,1-2H3;2*1-3H,4H2;2*1H3;2*1H;;/q6*-1;;;2*+4/p-2. The maximum Gasteiger partial charge on any atom is 4.00 e. The van der Waals surface area contributed by atoms with Crippen LogP contribution in [0.15, 0.2) is 97.1 Å². The van der Waals surface area contributed by atoms with E-state index in [2.05, 4.69) is 113 Å². The Bertz CT molecular complexity index is 1150. The summed E-state index contributed by atoms with van der Waals surface area (Å²) in [4.78, 5) is 0. The molecule has 4 aromatic carbocycles. The predicted molar refractivity (Wildman–Crippen MR) is 154 cm³/mol. The molecule has 38 heavy (non-hydrogen) atoms. The van der Waals surface area contributed by atoms with E-state index in [1.165, 1.54) is 43.8 Å². The van der Waals surface area contributed by atoms with Gasteiger partial charge >= 0.3 is 52.4 Å². The summed E-state index contributed by atoms with van der Waals surface area (Å²) in [5, 5.41) is 5.50. The fraction of sp³-hybridized carbons (Fsp3) is 0.176. The fourth-order valence-electron chi connectivity index (χ4n) is 3.60. The molecule has 0 bridgehead atoms. The van der Waals surface area contributed by atoms with Gasteiger partial charge in [-0.15, -0.1) is 69.8 Å². The van der Waals surface area contributed by atoms with E-state index in [0.717, 1.165) is 12.8 Å². The molecule has 0 atom stereocenters. The Balaban J connectivity index is -0.000000203. The van der Waals surface area contributed by atoms with Crippen LogP contribution in [0.2, 0.25) is 0 Å². The summed E-state index contributed by atoms with van der Waals surface area (Å²) in [6, 6.07) is 21.8. The Morgan fingerprint density at radius 1 is 0.605 bits per heavy atom. The number of benzene rings is 2. The second-order valence-electron chi connectivity index (χ2n) is 8.22. The van der Waals surface area contributed by atoms with Crippen molar-refractivity contribution < 1.29 is 77.2 Å². The van der Waals surface area contributed by atoms with Gasteiger partial charge in [-0.2, -0.15) is 36.4 Å². The molecule has 4 heteroatoms. The van der Waals surface area contributed by atoms with E-state index in [1.807, 2.05) is 24.3 Å². The van der Waals surface area contributed by atoms with E-state index in [-0.39, 0.29) is 92.1 Å². The van der Waals surface area contributed by atoms with Gasteiger partial charge in [0.2, 0.25) is 0 Å². The summed E-state index contributed by atoms with van der Waals surface area (Å²) in [6.07, 6.45) is 20.0. The van der Waals surface area contributed by atoms with Gasteiger partial charge in [0.05, 0.1) is 0 Å². The second-order valence-corrected chi connectivity index (χ2v) is 8.22. The molecular formula is C34H38Cl2Zr2. The largest absolute Gasteiger partial charge is 4.00 e. The molecule has 0 radical (unpaired) electrons. The summed E-state index contributed by atoms with van der Waals surface area (Å²) >= 11 is 0. The van der Waals surface area contributed by atoms with Gasteiger partial charge in [-0.05, 0) is 13.8 Å². The van der Waals surface area contributed by atoms with Crippen molar-refractivity contribution in [2.75, 3.05) is 0 Å². The smallest absolute Gasteiger partial charge is 1.00 e. The molecule has 0 aromatic heterocycles. The first-order valence-electron chi connectivity index (χ1n) is 11.2. The van der Waals surface area contributed by atoms with Gasteiger partial charge in [-0.3, -0.25) is 12.2 Å². The molecule has 4 aromatic rings. The van der Waals surface area contributed by atoms with Crippen LogP contribution in [0.25, 0.3) is 21.5 Å². The molecular weight excluding hydrogens is 662 g/mol. The third-order valence-corrected chi connectivity index (χ3v) is 5.46. The first-order chi connectivity index (χ1) is 15.5. The first-order valence-corrected chi connectivity index (χ1v) is 11.2. The Hall–Kier alpha value is -1.03. The van der Waals surface area contributed by atoms with Crippen molar-refractivity contribution in [3.63, 3.8) is 0 Å². The third-order valence-electron chi connectivity index (χ3n) is 5.46. The van der Waals surface area contributed by atoms with Crippen LogP contribution in [0.3, 0.4) is 0 Å². The van der Waals surface area contributed by atoms with Gasteiger partial charge in [0.15, 0.2) is 0 Å². The number of allylic oxidation sites excluding steroid dienone is 8. The topological polar surface area (TPSA) is 0 Å². The molecule has 0 amide bonds. The van der Waals surface area contributed by atoms with Crippen LogP contribution in [0.5, 0.6) is 0 Å². The molecule has 2 aliphatic carbocycles. The van der Waals surface area contributed by atoms with Crippen molar-refractivity contribution in [3.8, 4) is 0 Å². The van der Waals surface area contributed by atoms with Crippen LogP contribution in [0.4, 0.5) is 0 Å². The zero-order valence-corrected chi connectivity index (χ0v) is 29.8. The molecule has 0 saturated heterocycles. The van der Waals surface area contributed by atoms with Gasteiger partial charge in [0.1, 0.15) is 0 Å².